The monoisotopic (exact) mass is 283 g/mol. The highest BCUT2D eigenvalue weighted by Crippen LogP contribution is 2.06. The van der Waals surface area contributed by atoms with Gasteiger partial charge in [0.05, 0.1) is 6.54 Å². The number of rotatable bonds is 4. The average Bonchev–Trinajstić information content (AvgIpc) is 2.22. The van der Waals surface area contributed by atoms with E-state index in [-0.39, 0.29) is 12.5 Å². The number of carbonyl (C=O) groups excluding carboxylic acids is 1. The lowest BCUT2D eigenvalue weighted by Gasteiger charge is -2.23. The molecular formula is C8H15Cl2N5O2. The Labute approximate surface area is 109 Å². The van der Waals surface area contributed by atoms with Gasteiger partial charge in [0.15, 0.2) is 5.96 Å². The van der Waals surface area contributed by atoms with E-state index in [1.807, 2.05) is 6.92 Å². The van der Waals surface area contributed by atoms with Crippen molar-refractivity contribution in [1.29, 1.82) is 10.8 Å². The molecule has 0 amide bonds. The Morgan fingerprint density at radius 2 is 2.12 bits per heavy atom. The van der Waals surface area contributed by atoms with Crippen LogP contribution < -0.4 is 11.1 Å². The topological polar surface area (TPSA) is 115 Å². The van der Waals surface area contributed by atoms with Gasteiger partial charge in [0.2, 0.25) is 10.8 Å². The highest BCUT2D eigenvalue weighted by Gasteiger charge is 2.20. The van der Waals surface area contributed by atoms with Gasteiger partial charge in [-0.3, -0.25) is 16.1 Å². The van der Waals surface area contributed by atoms with Crippen molar-refractivity contribution in [2.45, 2.75) is 24.6 Å². The van der Waals surface area contributed by atoms with E-state index in [0.717, 1.165) is 11.5 Å². The molecule has 5 N–H and O–H groups in total. The molecule has 98 valence electrons. The molecule has 0 unspecified atom stereocenters. The predicted octanol–water partition coefficient (Wildman–Crippen LogP) is 0.768. The van der Waals surface area contributed by atoms with Gasteiger partial charge in [0.25, 0.3) is 0 Å². The van der Waals surface area contributed by atoms with Gasteiger partial charge in [0.1, 0.15) is 0 Å². The Bertz CT molecular complexity index is 298. The number of alkyl halides is 2. The molecule has 9 heteroatoms. The molecule has 0 atom stereocenters. The second-order valence-corrected chi connectivity index (χ2v) is 4.15. The summed E-state index contributed by atoms with van der Waals surface area (Å²) in [5, 5.41) is 17.6. The molecule has 0 rings (SSSR count). The van der Waals surface area contributed by atoms with Crippen LogP contribution in [0.15, 0.2) is 0 Å². The SMILES string of the molecule is CCCCN(OC(=O)C(Cl)Cl)C(=N)NC(=N)N. The van der Waals surface area contributed by atoms with Gasteiger partial charge in [-0.1, -0.05) is 36.5 Å². The van der Waals surface area contributed by atoms with Crippen molar-refractivity contribution in [1.82, 2.24) is 10.4 Å². The molecule has 0 aliphatic heterocycles. The average molecular weight is 284 g/mol. The van der Waals surface area contributed by atoms with Crippen molar-refractivity contribution in [3.63, 3.8) is 0 Å². The van der Waals surface area contributed by atoms with Crippen LogP contribution >= 0.6 is 23.2 Å². The standard InChI is InChI=1S/C8H15Cl2N5O2/c1-2-3-4-15(8(13)14-7(11)12)17-6(16)5(9)10/h5H,2-4H2,1H3,(H5,11,12,13,14). The molecule has 7 nitrogen and oxygen atoms in total. The Hall–Kier alpha value is -1.21. The van der Waals surface area contributed by atoms with Gasteiger partial charge in [0, 0.05) is 0 Å². The van der Waals surface area contributed by atoms with Crippen LogP contribution in [0.5, 0.6) is 0 Å². The molecule has 17 heavy (non-hydrogen) atoms. The largest absolute Gasteiger partial charge is 0.370 e. The minimum Gasteiger partial charge on any atom is -0.370 e. The summed E-state index contributed by atoms with van der Waals surface area (Å²) in [6.07, 6.45) is 1.52. The number of unbranched alkanes of at least 4 members (excludes halogenated alkanes) is 1. The Kier molecular flexibility index (Phi) is 7.40. The Morgan fingerprint density at radius 3 is 2.53 bits per heavy atom. The van der Waals surface area contributed by atoms with Crippen molar-refractivity contribution in [2.24, 2.45) is 5.73 Å². The zero-order chi connectivity index (χ0) is 13.4. The number of hydroxylamine groups is 2. The molecule has 0 aromatic carbocycles. The van der Waals surface area contributed by atoms with Crippen LogP contribution in [0.2, 0.25) is 0 Å². The molecule has 0 aliphatic carbocycles. The maximum absolute atomic E-state index is 11.2. The third kappa shape index (κ3) is 6.85. The molecule has 0 spiro atoms. The zero-order valence-corrected chi connectivity index (χ0v) is 10.8. The summed E-state index contributed by atoms with van der Waals surface area (Å²) < 4.78 is 0. The second-order valence-electron chi connectivity index (χ2n) is 3.05. The maximum atomic E-state index is 11.2. The number of hydrogen-bond donors (Lipinski definition) is 4. The van der Waals surface area contributed by atoms with Crippen molar-refractivity contribution in [2.75, 3.05) is 6.54 Å². The molecule has 0 saturated carbocycles. The number of nitrogens with zero attached hydrogens (tertiary/aromatic N) is 1. The molecule has 0 aliphatic rings. The van der Waals surface area contributed by atoms with Crippen LogP contribution in [-0.4, -0.2) is 34.3 Å². The molecule has 0 aromatic heterocycles. The van der Waals surface area contributed by atoms with E-state index in [9.17, 15) is 4.79 Å². The lowest BCUT2D eigenvalue weighted by Crippen LogP contribution is -2.47. The summed E-state index contributed by atoms with van der Waals surface area (Å²) in [4.78, 5) is 14.6. The number of guanidine groups is 2. The third-order valence-corrected chi connectivity index (χ3v) is 1.95. The Morgan fingerprint density at radius 1 is 1.53 bits per heavy atom. The van der Waals surface area contributed by atoms with Crippen LogP contribution in [0, 0.1) is 10.8 Å². The summed E-state index contributed by atoms with van der Waals surface area (Å²) in [5.74, 6) is -1.64. The van der Waals surface area contributed by atoms with E-state index in [2.05, 4.69) is 5.32 Å². The normalized spacial score (nSPS) is 9.88. The molecule has 0 aromatic rings. The molecule has 0 bridgehead atoms. The maximum Gasteiger partial charge on any atom is 0.365 e. The highest BCUT2D eigenvalue weighted by molar-refractivity contribution is 6.52. The van der Waals surface area contributed by atoms with E-state index >= 15 is 0 Å². The van der Waals surface area contributed by atoms with Crippen LogP contribution in [-0.2, 0) is 9.63 Å². The van der Waals surface area contributed by atoms with E-state index in [1.54, 1.807) is 0 Å². The second kappa shape index (κ2) is 7.97. The van der Waals surface area contributed by atoms with Gasteiger partial charge in [-0.2, -0.15) is 5.06 Å². The lowest BCUT2D eigenvalue weighted by molar-refractivity contribution is -0.171. The third-order valence-electron chi connectivity index (χ3n) is 1.60. The summed E-state index contributed by atoms with van der Waals surface area (Å²) in [6.45, 7) is 2.22. The first kappa shape index (κ1) is 15.8. The van der Waals surface area contributed by atoms with E-state index < -0.39 is 16.8 Å². The van der Waals surface area contributed by atoms with Crippen LogP contribution in [0.1, 0.15) is 19.8 Å². The highest BCUT2D eigenvalue weighted by atomic mass is 35.5. The molecule has 0 saturated heterocycles. The van der Waals surface area contributed by atoms with Crippen molar-refractivity contribution in [3.8, 4) is 0 Å². The van der Waals surface area contributed by atoms with Gasteiger partial charge in [-0.15, -0.1) is 0 Å². The quantitative estimate of drug-likeness (QED) is 0.263. The van der Waals surface area contributed by atoms with E-state index in [4.69, 9.17) is 44.6 Å². The fourth-order valence-electron chi connectivity index (χ4n) is 0.843. The van der Waals surface area contributed by atoms with Crippen molar-refractivity contribution >= 4 is 41.1 Å². The number of hydrogen-bond acceptors (Lipinski definition) is 4. The predicted molar refractivity (Wildman–Crippen MR) is 66.0 cm³/mol. The zero-order valence-electron chi connectivity index (χ0n) is 9.30. The number of halogens is 2. The number of nitrogens with two attached hydrogens (primary N) is 1. The van der Waals surface area contributed by atoms with Gasteiger partial charge in [-0.05, 0) is 6.42 Å². The first-order chi connectivity index (χ1) is 7.88. The van der Waals surface area contributed by atoms with Gasteiger partial charge >= 0.3 is 5.97 Å². The number of carbonyl (C=O) groups is 1. The van der Waals surface area contributed by atoms with E-state index in [0.29, 0.717) is 6.42 Å². The van der Waals surface area contributed by atoms with Gasteiger partial charge in [-0.25, -0.2) is 4.79 Å². The number of nitrogens with one attached hydrogen (secondary N) is 3. The molecule has 0 fully saturated rings. The van der Waals surface area contributed by atoms with E-state index in [1.165, 1.54) is 0 Å². The summed E-state index contributed by atoms with van der Waals surface area (Å²) in [5.41, 5.74) is 5.06. The molecule has 0 heterocycles. The summed E-state index contributed by atoms with van der Waals surface area (Å²) >= 11 is 10.6. The van der Waals surface area contributed by atoms with Crippen molar-refractivity contribution < 1.29 is 9.63 Å². The summed E-state index contributed by atoms with van der Waals surface area (Å²) in [6, 6.07) is 0. The Balaban J connectivity index is 4.46. The van der Waals surface area contributed by atoms with Crippen molar-refractivity contribution in [3.05, 3.63) is 0 Å². The first-order valence-electron chi connectivity index (χ1n) is 4.85. The first-order valence-corrected chi connectivity index (χ1v) is 5.72. The molecule has 0 radical (unpaired) electrons. The fourth-order valence-corrected chi connectivity index (χ4v) is 0.923. The van der Waals surface area contributed by atoms with Crippen LogP contribution in [0.3, 0.4) is 0 Å². The summed E-state index contributed by atoms with van der Waals surface area (Å²) in [7, 11) is 0. The smallest absolute Gasteiger partial charge is 0.365 e. The minimum atomic E-state index is -1.33. The lowest BCUT2D eigenvalue weighted by atomic mass is 10.3. The van der Waals surface area contributed by atoms with Crippen LogP contribution in [0.25, 0.3) is 0 Å². The van der Waals surface area contributed by atoms with Crippen LogP contribution in [0.4, 0.5) is 0 Å². The van der Waals surface area contributed by atoms with Gasteiger partial charge < -0.3 is 10.6 Å². The molecular weight excluding hydrogens is 269 g/mol. The minimum absolute atomic E-state index is 0.280. The fraction of sp³-hybridized carbons (Fsp3) is 0.625.